The smallest absolute Gasteiger partial charge is 0.115 e. The molecule has 0 amide bonds. The minimum atomic E-state index is 0.823. The maximum Gasteiger partial charge on any atom is 0.115 e. The zero-order valence-electron chi connectivity index (χ0n) is 5.56. The molecule has 1 aromatic heterocycles. The Balaban J connectivity index is 2.67. The molecular formula is C6H7N3O. The van der Waals surface area contributed by atoms with Gasteiger partial charge >= 0.3 is 0 Å². The fourth-order valence-corrected chi connectivity index (χ4v) is 0.491. The highest BCUT2D eigenvalue weighted by Crippen LogP contribution is 1.86. The molecule has 0 aliphatic rings. The molecule has 0 aliphatic carbocycles. The van der Waals surface area contributed by atoms with Crippen molar-refractivity contribution in [1.82, 2.24) is 9.97 Å². The summed E-state index contributed by atoms with van der Waals surface area (Å²) in [6, 6.07) is 0. The Labute approximate surface area is 58.6 Å². The monoisotopic (exact) mass is 137 g/mol. The standard InChI is InChI=1S/C6H7N3O/c1-10-9-4-6-2-7-5-8-3-6/h2-5H,1H3/b9-4+. The molecule has 52 valence electrons. The van der Waals surface area contributed by atoms with Gasteiger partial charge in [-0.1, -0.05) is 5.16 Å². The summed E-state index contributed by atoms with van der Waals surface area (Å²) < 4.78 is 0. The highest BCUT2D eigenvalue weighted by atomic mass is 16.6. The van der Waals surface area contributed by atoms with E-state index in [1.54, 1.807) is 18.6 Å². The van der Waals surface area contributed by atoms with Crippen molar-refractivity contribution < 1.29 is 4.84 Å². The van der Waals surface area contributed by atoms with Crippen LogP contribution in [0, 0.1) is 0 Å². The van der Waals surface area contributed by atoms with Crippen LogP contribution < -0.4 is 0 Å². The van der Waals surface area contributed by atoms with Crippen molar-refractivity contribution in [3.05, 3.63) is 24.3 Å². The zero-order chi connectivity index (χ0) is 7.23. The van der Waals surface area contributed by atoms with E-state index in [4.69, 9.17) is 0 Å². The number of rotatable bonds is 2. The summed E-state index contributed by atoms with van der Waals surface area (Å²) in [4.78, 5) is 12.0. The Morgan fingerprint density at radius 1 is 1.50 bits per heavy atom. The van der Waals surface area contributed by atoms with E-state index < -0.39 is 0 Å². The normalized spacial score (nSPS) is 10.1. The van der Waals surface area contributed by atoms with Crippen molar-refractivity contribution in [3.8, 4) is 0 Å². The topological polar surface area (TPSA) is 47.4 Å². The Morgan fingerprint density at radius 2 is 2.20 bits per heavy atom. The predicted molar refractivity (Wildman–Crippen MR) is 36.6 cm³/mol. The number of nitrogens with zero attached hydrogens (tertiary/aromatic N) is 3. The van der Waals surface area contributed by atoms with Gasteiger partial charge < -0.3 is 4.84 Å². The van der Waals surface area contributed by atoms with Gasteiger partial charge in [0.05, 0.1) is 6.21 Å². The summed E-state index contributed by atoms with van der Waals surface area (Å²) in [6.45, 7) is 0. The highest BCUT2D eigenvalue weighted by molar-refractivity contribution is 5.77. The van der Waals surface area contributed by atoms with Gasteiger partial charge in [0.1, 0.15) is 13.4 Å². The second kappa shape index (κ2) is 3.55. The van der Waals surface area contributed by atoms with Crippen LogP contribution >= 0.6 is 0 Å². The molecule has 0 aromatic carbocycles. The third-order valence-electron chi connectivity index (χ3n) is 0.888. The Hall–Kier alpha value is -1.45. The molecule has 0 radical (unpaired) electrons. The van der Waals surface area contributed by atoms with Crippen molar-refractivity contribution in [2.75, 3.05) is 7.11 Å². The lowest BCUT2D eigenvalue weighted by atomic mass is 10.4. The molecule has 0 fully saturated rings. The van der Waals surface area contributed by atoms with Crippen molar-refractivity contribution in [2.45, 2.75) is 0 Å². The number of aromatic nitrogens is 2. The van der Waals surface area contributed by atoms with Crippen molar-refractivity contribution >= 4 is 6.21 Å². The maximum atomic E-state index is 4.46. The van der Waals surface area contributed by atoms with Crippen molar-refractivity contribution in [2.24, 2.45) is 5.16 Å². The van der Waals surface area contributed by atoms with Crippen LogP contribution in [0.25, 0.3) is 0 Å². The van der Waals surface area contributed by atoms with Crippen LogP contribution in [-0.2, 0) is 4.84 Å². The number of hydrogen-bond acceptors (Lipinski definition) is 4. The second-order valence-electron chi connectivity index (χ2n) is 1.59. The van der Waals surface area contributed by atoms with Crippen molar-refractivity contribution in [3.63, 3.8) is 0 Å². The third kappa shape index (κ3) is 1.81. The van der Waals surface area contributed by atoms with Gasteiger partial charge in [-0.3, -0.25) is 0 Å². The molecule has 0 saturated heterocycles. The summed E-state index contributed by atoms with van der Waals surface area (Å²) in [5.41, 5.74) is 0.823. The van der Waals surface area contributed by atoms with Crippen LogP contribution in [-0.4, -0.2) is 23.3 Å². The van der Waals surface area contributed by atoms with Gasteiger partial charge in [0.15, 0.2) is 0 Å². The molecule has 10 heavy (non-hydrogen) atoms. The first-order chi connectivity index (χ1) is 4.93. The molecule has 0 bridgehead atoms. The molecule has 0 atom stereocenters. The van der Waals surface area contributed by atoms with Gasteiger partial charge in [-0.25, -0.2) is 9.97 Å². The van der Waals surface area contributed by atoms with E-state index in [-0.39, 0.29) is 0 Å². The number of oxime groups is 1. The maximum absolute atomic E-state index is 4.46. The van der Waals surface area contributed by atoms with E-state index in [1.165, 1.54) is 13.4 Å². The summed E-state index contributed by atoms with van der Waals surface area (Å²) in [5, 5.41) is 3.54. The quantitative estimate of drug-likeness (QED) is 0.439. The van der Waals surface area contributed by atoms with Crippen LogP contribution in [0.2, 0.25) is 0 Å². The lowest BCUT2D eigenvalue weighted by Gasteiger charge is -1.87. The molecule has 0 spiro atoms. The Bertz CT molecular complexity index is 209. The van der Waals surface area contributed by atoms with Gasteiger partial charge in [0.25, 0.3) is 0 Å². The molecule has 4 nitrogen and oxygen atoms in total. The Morgan fingerprint density at radius 3 is 2.80 bits per heavy atom. The van der Waals surface area contributed by atoms with Gasteiger partial charge in [0, 0.05) is 18.0 Å². The van der Waals surface area contributed by atoms with Crippen LogP contribution in [0.4, 0.5) is 0 Å². The largest absolute Gasteiger partial charge is 0.399 e. The van der Waals surface area contributed by atoms with Crippen LogP contribution in [0.1, 0.15) is 5.56 Å². The van der Waals surface area contributed by atoms with Gasteiger partial charge in [0.2, 0.25) is 0 Å². The fraction of sp³-hybridized carbons (Fsp3) is 0.167. The minimum absolute atomic E-state index is 0.823. The van der Waals surface area contributed by atoms with Gasteiger partial charge in [-0.15, -0.1) is 0 Å². The third-order valence-corrected chi connectivity index (χ3v) is 0.888. The van der Waals surface area contributed by atoms with E-state index in [2.05, 4.69) is 20.0 Å². The molecule has 1 aromatic rings. The molecule has 1 rings (SSSR count). The summed E-state index contributed by atoms with van der Waals surface area (Å²) in [6.07, 6.45) is 6.30. The average molecular weight is 137 g/mol. The van der Waals surface area contributed by atoms with Crippen molar-refractivity contribution in [1.29, 1.82) is 0 Å². The predicted octanol–water partition coefficient (Wildman–Crippen LogP) is 0.457. The van der Waals surface area contributed by atoms with Gasteiger partial charge in [-0.2, -0.15) is 0 Å². The van der Waals surface area contributed by atoms with E-state index in [1.807, 2.05) is 0 Å². The molecule has 0 N–H and O–H groups in total. The van der Waals surface area contributed by atoms with Crippen LogP contribution in [0.3, 0.4) is 0 Å². The molecule has 0 saturated carbocycles. The SMILES string of the molecule is CO/N=C/c1cncnc1. The lowest BCUT2D eigenvalue weighted by Crippen LogP contribution is -1.84. The van der Waals surface area contributed by atoms with Crippen LogP contribution in [0.15, 0.2) is 23.9 Å². The van der Waals surface area contributed by atoms with E-state index in [0.29, 0.717) is 0 Å². The molecule has 0 aliphatic heterocycles. The van der Waals surface area contributed by atoms with E-state index >= 15 is 0 Å². The van der Waals surface area contributed by atoms with E-state index in [0.717, 1.165) is 5.56 Å². The van der Waals surface area contributed by atoms with Gasteiger partial charge in [-0.05, 0) is 0 Å². The average Bonchev–Trinajstić information content (AvgIpc) is 2.03. The summed E-state index contributed by atoms with van der Waals surface area (Å²) >= 11 is 0. The number of hydrogen-bond donors (Lipinski definition) is 0. The van der Waals surface area contributed by atoms with E-state index in [9.17, 15) is 0 Å². The fourth-order valence-electron chi connectivity index (χ4n) is 0.491. The molecule has 1 heterocycles. The zero-order valence-corrected chi connectivity index (χ0v) is 5.56. The lowest BCUT2D eigenvalue weighted by molar-refractivity contribution is 0.215. The molecule has 0 unspecified atom stereocenters. The minimum Gasteiger partial charge on any atom is -0.399 e. The first-order valence-corrected chi connectivity index (χ1v) is 2.75. The summed E-state index contributed by atoms with van der Waals surface area (Å²) in [5.74, 6) is 0. The summed E-state index contributed by atoms with van der Waals surface area (Å²) in [7, 11) is 1.49. The first kappa shape index (κ1) is 6.67. The molecular weight excluding hydrogens is 130 g/mol. The Kier molecular flexibility index (Phi) is 2.37. The first-order valence-electron chi connectivity index (χ1n) is 2.75. The highest BCUT2D eigenvalue weighted by Gasteiger charge is 1.83. The van der Waals surface area contributed by atoms with Crippen LogP contribution in [0.5, 0.6) is 0 Å². The molecule has 4 heteroatoms. The second-order valence-corrected chi connectivity index (χ2v) is 1.59.